The van der Waals surface area contributed by atoms with Crippen LogP contribution in [0, 0.1) is 0 Å². The molecule has 0 aromatic carbocycles. The highest BCUT2D eigenvalue weighted by atomic mass is 16.5. The molecular formula is C12H19N3O. The van der Waals surface area contributed by atoms with E-state index in [9.17, 15) is 0 Å². The largest absolute Gasteiger partial charge is 0.473 e. The summed E-state index contributed by atoms with van der Waals surface area (Å²) in [7, 11) is 0. The van der Waals surface area contributed by atoms with Crippen molar-refractivity contribution >= 4 is 0 Å². The maximum absolute atomic E-state index is 5.82. The molecule has 0 amide bonds. The monoisotopic (exact) mass is 221 g/mol. The average molecular weight is 221 g/mol. The summed E-state index contributed by atoms with van der Waals surface area (Å²) in [5.74, 6) is 0.629. The summed E-state index contributed by atoms with van der Waals surface area (Å²) < 4.78 is 5.82. The second-order valence-corrected chi connectivity index (χ2v) is 4.28. The van der Waals surface area contributed by atoms with Crippen LogP contribution in [-0.4, -0.2) is 16.1 Å². The molecule has 0 spiro atoms. The zero-order chi connectivity index (χ0) is 11.2. The number of aromatic nitrogens is 2. The number of hydrogen-bond acceptors (Lipinski definition) is 4. The van der Waals surface area contributed by atoms with Crippen LogP contribution in [0.25, 0.3) is 0 Å². The molecule has 1 aromatic rings. The third-order valence-electron chi connectivity index (χ3n) is 2.98. The summed E-state index contributed by atoms with van der Waals surface area (Å²) in [5.41, 5.74) is 6.26. The van der Waals surface area contributed by atoms with Gasteiger partial charge in [-0.25, -0.2) is 4.98 Å². The molecule has 2 N–H and O–H groups in total. The maximum Gasteiger partial charge on any atom is 0.232 e. The Morgan fingerprint density at radius 3 is 2.44 bits per heavy atom. The van der Waals surface area contributed by atoms with Crippen molar-refractivity contribution in [1.82, 2.24) is 9.97 Å². The van der Waals surface area contributed by atoms with E-state index in [2.05, 4.69) is 9.97 Å². The van der Waals surface area contributed by atoms with Crippen LogP contribution < -0.4 is 10.5 Å². The van der Waals surface area contributed by atoms with Gasteiger partial charge < -0.3 is 10.5 Å². The van der Waals surface area contributed by atoms with Gasteiger partial charge in [0.15, 0.2) is 0 Å². The molecule has 2 rings (SSSR count). The SMILES string of the molecule is NCc1cnc(OC2CCCCCC2)cn1. The summed E-state index contributed by atoms with van der Waals surface area (Å²) in [5, 5.41) is 0. The molecule has 1 aliphatic rings. The van der Waals surface area contributed by atoms with E-state index in [0.29, 0.717) is 18.5 Å². The molecule has 4 heteroatoms. The fourth-order valence-corrected chi connectivity index (χ4v) is 2.04. The molecule has 1 saturated carbocycles. The molecule has 16 heavy (non-hydrogen) atoms. The summed E-state index contributed by atoms with van der Waals surface area (Å²) in [6.45, 7) is 0.427. The number of ether oxygens (including phenoxy) is 1. The molecule has 1 aliphatic carbocycles. The van der Waals surface area contributed by atoms with Crippen LogP contribution in [0.4, 0.5) is 0 Å². The van der Waals surface area contributed by atoms with Gasteiger partial charge in [0.2, 0.25) is 5.88 Å². The van der Waals surface area contributed by atoms with Crippen molar-refractivity contribution in [3.05, 3.63) is 18.1 Å². The van der Waals surface area contributed by atoms with Gasteiger partial charge in [-0.3, -0.25) is 4.98 Å². The van der Waals surface area contributed by atoms with Crippen LogP contribution in [0.1, 0.15) is 44.2 Å². The maximum atomic E-state index is 5.82. The van der Waals surface area contributed by atoms with Gasteiger partial charge in [-0.2, -0.15) is 0 Å². The first kappa shape index (κ1) is 11.3. The lowest BCUT2D eigenvalue weighted by Gasteiger charge is -2.15. The second-order valence-electron chi connectivity index (χ2n) is 4.28. The van der Waals surface area contributed by atoms with Crippen molar-refractivity contribution in [2.75, 3.05) is 0 Å². The number of hydrogen-bond donors (Lipinski definition) is 1. The molecule has 0 bridgehead atoms. The van der Waals surface area contributed by atoms with E-state index < -0.39 is 0 Å². The van der Waals surface area contributed by atoms with Gasteiger partial charge in [0, 0.05) is 6.54 Å². The van der Waals surface area contributed by atoms with E-state index >= 15 is 0 Å². The molecular weight excluding hydrogens is 202 g/mol. The van der Waals surface area contributed by atoms with E-state index in [-0.39, 0.29) is 0 Å². The van der Waals surface area contributed by atoms with Gasteiger partial charge in [-0.15, -0.1) is 0 Å². The topological polar surface area (TPSA) is 61.0 Å². The standard InChI is InChI=1S/C12H19N3O/c13-7-10-8-15-12(9-14-10)16-11-5-3-1-2-4-6-11/h8-9,11H,1-7,13H2. The Kier molecular flexibility index (Phi) is 4.10. The Bertz CT molecular complexity index is 305. The van der Waals surface area contributed by atoms with Crippen LogP contribution in [-0.2, 0) is 6.54 Å². The van der Waals surface area contributed by atoms with Crippen molar-refractivity contribution in [2.24, 2.45) is 5.73 Å². The second kappa shape index (κ2) is 5.80. The zero-order valence-electron chi connectivity index (χ0n) is 9.56. The van der Waals surface area contributed by atoms with Gasteiger partial charge in [0.1, 0.15) is 6.10 Å². The highest BCUT2D eigenvalue weighted by Gasteiger charge is 2.14. The third kappa shape index (κ3) is 3.17. The normalized spacial score (nSPS) is 18.1. The zero-order valence-corrected chi connectivity index (χ0v) is 9.56. The highest BCUT2D eigenvalue weighted by Crippen LogP contribution is 2.21. The predicted molar refractivity (Wildman–Crippen MR) is 62.0 cm³/mol. The molecule has 0 unspecified atom stereocenters. The molecule has 0 radical (unpaired) electrons. The fourth-order valence-electron chi connectivity index (χ4n) is 2.04. The van der Waals surface area contributed by atoms with Crippen LogP contribution in [0.3, 0.4) is 0 Å². The molecule has 1 fully saturated rings. The van der Waals surface area contributed by atoms with Crippen LogP contribution in [0.5, 0.6) is 5.88 Å². The highest BCUT2D eigenvalue weighted by molar-refractivity contribution is 5.07. The quantitative estimate of drug-likeness (QED) is 0.793. The molecule has 88 valence electrons. The van der Waals surface area contributed by atoms with Crippen molar-refractivity contribution < 1.29 is 4.74 Å². The first-order valence-corrected chi connectivity index (χ1v) is 6.06. The minimum Gasteiger partial charge on any atom is -0.473 e. The number of rotatable bonds is 3. The van der Waals surface area contributed by atoms with Crippen molar-refractivity contribution in [1.29, 1.82) is 0 Å². The molecule has 1 heterocycles. The van der Waals surface area contributed by atoms with E-state index in [1.165, 1.54) is 25.7 Å². The van der Waals surface area contributed by atoms with Crippen LogP contribution >= 0.6 is 0 Å². The summed E-state index contributed by atoms with van der Waals surface area (Å²) in [6, 6.07) is 0. The minimum absolute atomic E-state index is 0.320. The molecule has 0 aliphatic heterocycles. The summed E-state index contributed by atoms with van der Waals surface area (Å²) >= 11 is 0. The van der Waals surface area contributed by atoms with Crippen molar-refractivity contribution in [3.63, 3.8) is 0 Å². The van der Waals surface area contributed by atoms with Gasteiger partial charge in [0.05, 0.1) is 18.1 Å². The van der Waals surface area contributed by atoms with E-state index in [0.717, 1.165) is 18.5 Å². The van der Waals surface area contributed by atoms with Crippen molar-refractivity contribution in [2.45, 2.75) is 51.2 Å². The molecule has 1 aromatic heterocycles. The minimum atomic E-state index is 0.320. The third-order valence-corrected chi connectivity index (χ3v) is 2.98. The molecule has 4 nitrogen and oxygen atoms in total. The first-order chi connectivity index (χ1) is 7.88. The summed E-state index contributed by atoms with van der Waals surface area (Å²) in [4.78, 5) is 8.38. The predicted octanol–water partition coefficient (Wildman–Crippen LogP) is 2.04. The first-order valence-electron chi connectivity index (χ1n) is 6.06. The summed E-state index contributed by atoms with van der Waals surface area (Å²) in [6.07, 6.45) is 11.1. The van der Waals surface area contributed by atoms with E-state index in [1.54, 1.807) is 12.4 Å². The van der Waals surface area contributed by atoms with Crippen LogP contribution in [0.2, 0.25) is 0 Å². The van der Waals surface area contributed by atoms with E-state index in [1.807, 2.05) is 0 Å². The average Bonchev–Trinajstić information content (AvgIpc) is 2.59. The number of nitrogens with zero attached hydrogens (tertiary/aromatic N) is 2. The molecule has 0 atom stereocenters. The fraction of sp³-hybridized carbons (Fsp3) is 0.667. The Balaban J connectivity index is 1.91. The van der Waals surface area contributed by atoms with Gasteiger partial charge in [-0.05, 0) is 25.7 Å². The lowest BCUT2D eigenvalue weighted by atomic mass is 10.1. The lowest BCUT2D eigenvalue weighted by Crippen LogP contribution is -2.16. The Labute approximate surface area is 96.2 Å². The van der Waals surface area contributed by atoms with Gasteiger partial charge in [-0.1, -0.05) is 12.8 Å². The Hall–Kier alpha value is -1.16. The van der Waals surface area contributed by atoms with Gasteiger partial charge >= 0.3 is 0 Å². The smallest absolute Gasteiger partial charge is 0.232 e. The number of nitrogens with two attached hydrogens (primary N) is 1. The lowest BCUT2D eigenvalue weighted by molar-refractivity contribution is 0.175. The molecule has 0 saturated heterocycles. The van der Waals surface area contributed by atoms with Gasteiger partial charge in [0.25, 0.3) is 0 Å². The Morgan fingerprint density at radius 2 is 1.88 bits per heavy atom. The Morgan fingerprint density at radius 1 is 1.12 bits per heavy atom. The van der Waals surface area contributed by atoms with Crippen molar-refractivity contribution in [3.8, 4) is 5.88 Å². The van der Waals surface area contributed by atoms with E-state index in [4.69, 9.17) is 10.5 Å². The van der Waals surface area contributed by atoms with Crippen LogP contribution in [0.15, 0.2) is 12.4 Å².